The van der Waals surface area contributed by atoms with Gasteiger partial charge in [0.15, 0.2) is 5.11 Å². The van der Waals surface area contributed by atoms with E-state index in [2.05, 4.69) is 37.9 Å². The molecule has 2 heterocycles. The van der Waals surface area contributed by atoms with Gasteiger partial charge in [-0.05, 0) is 42.4 Å². The second-order valence-corrected chi connectivity index (χ2v) is 5.77. The third-order valence-electron chi connectivity index (χ3n) is 3.71. The number of rotatable bonds is 6. The minimum absolute atomic E-state index is 0.476. The zero-order valence-electron chi connectivity index (χ0n) is 13.8. The Morgan fingerprint density at radius 1 is 1.32 bits per heavy atom. The monoisotopic (exact) mass is 353 g/mol. The molecular weight excluding hydrogens is 334 g/mol. The molecule has 0 unspecified atom stereocenters. The molecule has 0 amide bonds. The Morgan fingerprint density at radius 3 is 3.00 bits per heavy atom. The second-order valence-electron chi connectivity index (χ2n) is 5.36. The summed E-state index contributed by atoms with van der Waals surface area (Å²) in [4.78, 5) is 7.46. The number of aromatic amines is 1. The van der Waals surface area contributed by atoms with E-state index in [0.29, 0.717) is 10.9 Å². The molecule has 128 valence electrons. The molecule has 2 aromatic heterocycles. The van der Waals surface area contributed by atoms with Gasteiger partial charge in [0.1, 0.15) is 5.75 Å². The SMILES string of the molecule is COc1ccc(/C=N/NC(=S)NCCc2c[nH]c3ccccc23)nc1. The van der Waals surface area contributed by atoms with Crippen molar-refractivity contribution in [3.8, 4) is 5.75 Å². The maximum Gasteiger partial charge on any atom is 0.186 e. The molecule has 3 rings (SSSR count). The van der Waals surface area contributed by atoms with Gasteiger partial charge in [0.2, 0.25) is 0 Å². The van der Waals surface area contributed by atoms with E-state index in [9.17, 15) is 0 Å². The minimum atomic E-state index is 0.476. The number of thiocarbonyl (C=S) groups is 1. The Balaban J connectivity index is 1.44. The fourth-order valence-corrected chi connectivity index (χ4v) is 2.59. The zero-order chi connectivity index (χ0) is 17.5. The zero-order valence-corrected chi connectivity index (χ0v) is 14.6. The van der Waals surface area contributed by atoms with Crippen molar-refractivity contribution < 1.29 is 4.74 Å². The maximum absolute atomic E-state index is 5.22. The van der Waals surface area contributed by atoms with E-state index in [1.165, 1.54) is 10.9 Å². The average molecular weight is 353 g/mol. The molecule has 6 nitrogen and oxygen atoms in total. The van der Waals surface area contributed by atoms with Crippen LogP contribution in [0.2, 0.25) is 0 Å². The number of fused-ring (bicyclic) bond motifs is 1. The van der Waals surface area contributed by atoms with Crippen LogP contribution in [0.15, 0.2) is 53.9 Å². The first-order chi connectivity index (χ1) is 12.3. The van der Waals surface area contributed by atoms with Crippen molar-refractivity contribution in [1.29, 1.82) is 0 Å². The molecule has 0 fully saturated rings. The number of aromatic nitrogens is 2. The molecule has 1 aromatic carbocycles. The number of benzene rings is 1. The first-order valence-corrected chi connectivity index (χ1v) is 8.29. The Bertz CT molecular complexity index is 873. The van der Waals surface area contributed by atoms with Crippen molar-refractivity contribution in [2.24, 2.45) is 5.10 Å². The third-order valence-corrected chi connectivity index (χ3v) is 3.95. The van der Waals surface area contributed by atoms with Crippen LogP contribution in [0.4, 0.5) is 0 Å². The number of ether oxygens (including phenoxy) is 1. The normalized spacial score (nSPS) is 10.9. The number of nitrogens with one attached hydrogen (secondary N) is 3. The Hall–Kier alpha value is -2.93. The number of H-pyrrole nitrogens is 1. The molecule has 3 N–H and O–H groups in total. The van der Waals surface area contributed by atoms with E-state index in [-0.39, 0.29) is 0 Å². The number of nitrogens with zero attached hydrogens (tertiary/aromatic N) is 2. The van der Waals surface area contributed by atoms with Gasteiger partial charge < -0.3 is 15.0 Å². The van der Waals surface area contributed by atoms with Gasteiger partial charge >= 0.3 is 0 Å². The van der Waals surface area contributed by atoms with Crippen LogP contribution in [0.5, 0.6) is 5.75 Å². The number of methoxy groups -OCH3 is 1. The van der Waals surface area contributed by atoms with Gasteiger partial charge in [-0.2, -0.15) is 5.10 Å². The first-order valence-electron chi connectivity index (χ1n) is 7.88. The summed E-state index contributed by atoms with van der Waals surface area (Å²) in [6.45, 7) is 0.726. The molecule has 0 bridgehead atoms. The third kappa shape index (κ3) is 4.54. The molecule has 7 heteroatoms. The molecule has 0 aliphatic rings. The molecule has 0 saturated heterocycles. The number of pyridine rings is 1. The molecule has 0 spiro atoms. The number of hydrogen-bond acceptors (Lipinski definition) is 4. The molecule has 0 aliphatic heterocycles. The lowest BCUT2D eigenvalue weighted by molar-refractivity contribution is 0.413. The first kappa shape index (κ1) is 16.9. The summed E-state index contributed by atoms with van der Waals surface area (Å²) in [5.41, 5.74) is 5.91. The fourth-order valence-electron chi connectivity index (χ4n) is 2.43. The smallest absolute Gasteiger partial charge is 0.186 e. The Morgan fingerprint density at radius 2 is 2.20 bits per heavy atom. The molecule has 0 radical (unpaired) electrons. The van der Waals surface area contributed by atoms with Crippen molar-refractivity contribution in [3.63, 3.8) is 0 Å². The fraction of sp³-hybridized carbons (Fsp3) is 0.167. The number of para-hydroxylation sites is 1. The summed E-state index contributed by atoms with van der Waals surface area (Å²) in [6.07, 6.45) is 6.15. The van der Waals surface area contributed by atoms with Crippen LogP contribution >= 0.6 is 12.2 Å². The van der Waals surface area contributed by atoms with E-state index in [1.54, 1.807) is 19.5 Å². The van der Waals surface area contributed by atoms with Crippen molar-refractivity contribution in [1.82, 2.24) is 20.7 Å². The van der Waals surface area contributed by atoms with Crippen LogP contribution in [0.3, 0.4) is 0 Å². The summed E-state index contributed by atoms with van der Waals surface area (Å²) in [5, 5.41) is 8.94. The van der Waals surface area contributed by atoms with Gasteiger partial charge in [-0.1, -0.05) is 18.2 Å². The van der Waals surface area contributed by atoms with Crippen LogP contribution in [0.1, 0.15) is 11.3 Å². The molecule has 0 saturated carbocycles. The van der Waals surface area contributed by atoms with Gasteiger partial charge in [-0.25, -0.2) is 0 Å². The largest absolute Gasteiger partial charge is 0.495 e. The quantitative estimate of drug-likeness (QED) is 0.361. The van der Waals surface area contributed by atoms with E-state index in [4.69, 9.17) is 17.0 Å². The Labute approximate surface area is 151 Å². The summed E-state index contributed by atoms with van der Waals surface area (Å²) >= 11 is 5.22. The maximum atomic E-state index is 5.22. The lowest BCUT2D eigenvalue weighted by Crippen LogP contribution is -2.33. The van der Waals surface area contributed by atoms with Gasteiger partial charge in [0.25, 0.3) is 0 Å². The summed E-state index contributed by atoms with van der Waals surface area (Å²) in [7, 11) is 1.60. The van der Waals surface area contributed by atoms with E-state index in [1.807, 2.05) is 30.5 Å². The highest BCUT2D eigenvalue weighted by molar-refractivity contribution is 7.80. The molecule has 0 aliphatic carbocycles. The summed E-state index contributed by atoms with van der Waals surface area (Å²) in [5.74, 6) is 0.708. The van der Waals surface area contributed by atoms with Gasteiger partial charge in [-0.15, -0.1) is 0 Å². The minimum Gasteiger partial charge on any atom is -0.495 e. The van der Waals surface area contributed by atoms with Crippen molar-refractivity contribution in [2.45, 2.75) is 6.42 Å². The average Bonchev–Trinajstić information content (AvgIpc) is 3.06. The van der Waals surface area contributed by atoms with Crippen LogP contribution in [0.25, 0.3) is 10.9 Å². The van der Waals surface area contributed by atoms with E-state index >= 15 is 0 Å². The topological polar surface area (TPSA) is 74.3 Å². The van der Waals surface area contributed by atoms with Crippen molar-refractivity contribution >= 4 is 34.4 Å². The van der Waals surface area contributed by atoms with Crippen molar-refractivity contribution in [2.75, 3.05) is 13.7 Å². The lowest BCUT2D eigenvalue weighted by atomic mass is 10.1. The van der Waals surface area contributed by atoms with Gasteiger partial charge in [0, 0.05) is 23.6 Å². The summed E-state index contributed by atoms with van der Waals surface area (Å²) in [6, 6.07) is 11.9. The van der Waals surface area contributed by atoms with Crippen molar-refractivity contribution in [3.05, 3.63) is 60.0 Å². The predicted octanol–water partition coefficient (Wildman–Crippen LogP) is 2.61. The molecular formula is C18H19N5OS. The Kier molecular flexibility index (Phi) is 5.58. The highest BCUT2D eigenvalue weighted by Crippen LogP contribution is 2.17. The van der Waals surface area contributed by atoms with Crippen LogP contribution in [0, 0.1) is 0 Å². The highest BCUT2D eigenvalue weighted by atomic mass is 32.1. The predicted molar refractivity (Wildman–Crippen MR) is 104 cm³/mol. The number of hydrogen-bond donors (Lipinski definition) is 3. The second kappa shape index (κ2) is 8.25. The lowest BCUT2D eigenvalue weighted by Gasteiger charge is -2.06. The molecule has 25 heavy (non-hydrogen) atoms. The standard InChI is InChI=1S/C18H19N5OS/c1-24-15-7-6-14(20-12-15)11-22-23-18(25)19-9-8-13-10-21-17-5-3-2-4-16(13)17/h2-7,10-12,21H,8-9H2,1H3,(H2,19,23,25)/b22-11+. The van der Waals surface area contributed by atoms with Crippen LogP contribution in [-0.2, 0) is 6.42 Å². The van der Waals surface area contributed by atoms with Gasteiger partial charge in [-0.3, -0.25) is 10.4 Å². The van der Waals surface area contributed by atoms with E-state index < -0.39 is 0 Å². The van der Waals surface area contributed by atoms with Gasteiger partial charge in [0.05, 0.1) is 25.2 Å². The highest BCUT2D eigenvalue weighted by Gasteiger charge is 2.02. The van der Waals surface area contributed by atoms with Crippen LogP contribution < -0.4 is 15.5 Å². The summed E-state index contributed by atoms with van der Waals surface area (Å²) < 4.78 is 5.06. The van der Waals surface area contributed by atoms with E-state index in [0.717, 1.165) is 24.2 Å². The molecule has 3 aromatic rings. The number of hydrazone groups is 1. The molecule has 0 atom stereocenters. The van der Waals surface area contributed by atoms with Crippen LogP contribution in [-0.4, -0.2) is 34.9 Å².